The van der Waals surface area contributed by atoms with E-state index in [1.165, 1.54) is 38.4 Å². The Hall–Kier alpha value is -2.63. The van der Waals surface area contributed by atoms with Crippen molar-refractivity contribution in [3.63, 3.8) is 0 Å². The number of rotatable bonds is 5. The minimum Gasteiger partial charge on any atom is -0.503 e. The molecule has 1 saturated heterocycles. The molecule has 0 spiro atoms. The number of halogens is 2. The fourth-order valence-electron chi connectivity index (χ4n) is 2.87. The van der Waals surface area contributed by atoms with E-state index in [0.29, 0.717) is 31.7 Å². The average molecular weight is 572 g/mol. The van der Waals surface area contributed by atoms with Crippen LogP contribution in [0.1, 0.15) is 5.56 Å². The highest BCUT2D eigenvalue weighted by atomic mass is 79.9. The van der Waals surface area contributed by atoms with Crippen LogP contribution in [0.15, 0.2) is 38.8 Å². The van der Waals surface area contributed by atoms with Crippen LogP contribution in [-0.2, 0) is 9.59 Å². The van der Waals surface area contributed by atoms with Gasteiger partial charge in [0.1, 0.15) is 17.1 Å². The van der Waals surface area contributed by atoms with Crippen LogP contribution >= 0.6 is 44.1 Å². The summed E-state index contributed by atoms with van der Waals surface area (Å²) < 4.78 is 16.5. The summed E-state index contributed by atoms with van der Waals surface area (Å²) in [7, 11) is 4.34. The molecule has 0 atom stereocenters. The number of carbonyl (C=O) groups excluding carboxylic acids is 2. The highest BCUT2D eigenvalue weighted by Crippen LogP contribution is 2.43. The van der Waals surface area contributed by atoms with Crippen LogP contribution in [-0.4, -0.2) is 43.4 Å². The van der Waals surface area contributed by atoms with E-state index in [2.05, 4.69) is 37.2 Å². The molecule has 1 aliphatic heterocycles. The lowest BCUT2D eigenvalue weighted by Gasteiger charge is -2.30. The molecule has 8 nitrogen and oxygen atoms in total. The van der Waals surface area contributed by atoms with Gasteiger partial charge in [-0.3, -0.25) is 14.9 Å². The van der Waals surface area contributed by atoms with E-state index in [1.54, 1.807) is 18.2 Å². The van der Waals surface area contributed by atoms with Gasteiger partial charge in [-0.25, -0.2) is 4.90 Å². The molecular formula is C20H16Br2N2O6S. The number of hydrogen-bond donors (Lipinski definition) is 2. The number of phenols is 1. The molecule has 162 valence electrons. The molecule has 2 amide bonds. The summed E-state index contributed by atoms with van der Waals surface area (Å²) in [4.78, 5) is 27.1. The van der Waals surface area contributed by atoms with Crippen molar-refractivity contribution >= 4 is 72.8 Å². The van der Waals surface area contributed by atoms with E-state index in [1.807, 2.05) is 0 Å². The molecule has 0 radical (unpaired) electrons. The quantitative estimate of drug-likeness (QED) is 0.320. The first kappa shape index (κ1) is 23.0. The molecule has 2 aromatic carbocycles. The Morgan fingerprint density at radius 1 is 1.03 bits per heavy atom. The average Bonchev–Trinajstić information content (AvgIpc) is 2.76. The Bertz CT molecular complexity index is 1140. The first-order valence-electron chi connectivity index (χ1n) is 8.61. The van der Waals surface area contributed by atoms with E-state index >= 15 is 0 Å². The number of nitrogens with zero attached hydrogens (tertiary/aromatic N) is 1. The maximum absolute atomic E-state index is 13.3. The summed E-state index contributed by atoms with van der Waals surface area (Å²) in [5.41, 5.74) is 0.592. The van der Waals surface area contributed by atoms with Gasteiger partial charge < -0.3 is 19.3 Å². The number of thiocarbonyl (C=S) groups is 1. The number of carbonyl (C=O) groups is 2. The summed E-state index contributed by atoms with van der Waals surface area (Å²) in [5.74, 6) is -0.404. The molecule has 1 aliphatic rings. The van der Waals surface area contributed by atoms with Crippen molar-refractivity contribution in [3.8, 4) is 23.0 Å². The van der Waals surface area contributed by atoms with Crippen LogP contribution in [0.25, 0.3) is 6.08 Å². The van der Waals surface area contributed by atoms with Crippen molar-refractivity contribution in [2.75, 3.05) is 26.2 Å². The molecule has 0 saturated carbocycles. The number of benzene rings is 2. The normalized spacial score (nSPS) is 15.2. The van der Waals surface area contributed by atoms with Crippen LogP contribution in [0.5, 0.6) is 23.0 Å². The lowest BCUT2D eigenvalue weighted by atomic mass is 10.1. The van der Waals surface area contributed by atoms with E-state index in [4.69, 9.17) is 26.4 Å². The van der Waals surface area contributed by atoms with Crippen molar-refractivity contribution in [2.24, 2.45) is 0 Å². The standard InChI is InChI=1S/C20H16Br2N2O6S/c1-28-10-4-5-12(13(8-10)29-2)24-19(27)11(18(26)23-20(24)31)6-9-7-14(30-3)17(25)16(22)15(9)21/h4-8,25H,1-3H3,(H,23,26,31)/b11-6+. The third-order valence-corrected chi connectivity index (χ3v) is 6.87. The van der Waals surface area contributed by atoms with Crippen molar-refractivity contribution in [2.45, 2.75) is 0 Å². The topological polar surface area (TPSA) is 97.3 Å². The SMILES string of the molecule is COc1ccc(N2C(=O)/C(=C/c3cc(OC)c(O)c(Br)c3Br)C(=O)NC2=S)c(OC)c1. The van der Waals surface area contributed by atoms with Crippen molar-refractivity contribution in [1.29, 1.82) is 0 Å². The van der Waals surface area contributed by atoms with Crippen LogP contribution in [0, 0.1) is 0 Å². The van der Waals surface area contributed by atoms with E-state index < -0.39 is 11.8 Å². The highest BCUT2D eigenvalue weighted by molar-refractivity contribution is 9.13. The fourth-order valence-corrected chi connectivity index (χ4v) is 3.99. The van der Waals surface area contributed by atoms with Gasteiger partial charge in [-0.2, -0.15) is 0 Å². The van der Waals surface area contributed by atoms with Crippen LogP contribution in [0.2, 0.25) is 0 Å². The molecule has 31 heavy (non-hydrogen) atoms. The summed E-state index contributed by atoms with van der Waals surface area (Å²) in [6, 6.07) is 6.34. The second-order valence-corrected chi connectivity index (χ2v) is 8.11. The third kappa shape index (κ3) is 4.25. The van der Waals surface area contributed by atoms with E-state index in [0.717, 1.165) is 0 Å². The zero-order valence-electron chi connectivity index (χ0n) is 16.5. The molecule has 1 heterocycles. The molecule has 2 N–H and O–H groups in total. The largest absolute Gasteiger partial charge is 0.503 e. The molecule has 0 unspecified atom stereocenters. The summed E-state index contributed by atoms with van der Waals surface area (Å²) >= 11 is 11.8. The van der Waals surface area contributed by atoms with Gasteiger partial charge in [0.2, 0.25) is 0 Å². The summed E-state index contributed by atoms with van der Waals surface area (Å²) in [6.07, 6.45) is 1.37. The Kier molecular flexibility index (Phi) is 6.87. The van der Waals surface area contributed by atoms with Gasteiger partial charge in [-0.15, -0.1) is 0 Å². The van der Waals surface area contributed by atoms with E-state index in [9.17, 15) is 14.7 Å². The molecule has 2 aromatic rings. The molecule has 11 heteroatoms. The van der Waals surface area contributed by atoms with Gasteiger partial charge in [0, 0.05) is 10.5 Å². The van der Waals surface area contributed by atoms with Gasteiger partial charge in [0.05, 0.1) is 31.5 Å². The van der Waals surface area contributed by atoms with Gasteiger partial charge >= 0.3 is 0 Å². The summed E-state index contributed by atoms with van der Waals surface area (Å²) in [5, 5.41) is 12.6. The van der Waals surface area contributed by atoms with Crippen molar-refractivity contribution < 1.29 is 28.9 Å². The second-order valence-electron chi connectivity index (χ2n) is 6.14. The minimum absolute atomic E-state index is 0.0841. The second kappa shape index (κ2) is 9.25. The fraction of sp³-hybridized carbons (Fsp3) is 0.150. The molecule has 0 aromatic heterocycles. The Labute approximate surface area is 200 Å². The Balaban J connectivity index is 2.12. The maximum atomic E-state index is 13.3. The number of methoxy groups -OCH3 is 3. The lowest BCUT2D eigenvalue weighted by molar-refractivity contribution is -0.122. The Morgan fingerprint density at radius 3 is 2.32 bits per heavy atom. The highest BCUT2D eigenvalue weighted by Gasteiger charge is 2.36. The van der Waals surface area contributed by atoms with Gasteiger partial charge in [0.25, 0.3) is 11.8 Å². The number of hydrogen-bond acceptors (Lipinski definition) is 7. The van der Waals surface area contributed by atoms with Gasteiger partial charge in [0.15, 0.2) is 16.6 Å². The molecule has 1 fully saturated rings. The zero-order chi connectivity index (χ0) is 22.9. The summed E-state index contributed by atoms with van der Waals surface area (Å²) in [6.45, 7) is 0. The molecule has 3 rings (SSSR count). The number of amides is 2. The monoisotopic (exact) mass is 570 g/mol. The number of phenolic OH excluding ortho intramolecular Hbond substituents is 1. The predicted molar refractivity (Wildman–Crippen MR) is 126 cm³/mol. The number of ether oxygens (including phenoxy) is 3. The third-order valence-electron chi connectivity index (χ3n) is 4.42. The minimum atomic E-state index is -0.659. The van der Waals surface area contributed by atoms with Gasteiger partial charge in [-0.05, 0) is 73.9 Å². The number of nitrogens with one attached hydrogen (secondary N) is 1. The zero-order valence-corrected chi connectivity index (χ0v) is 20.5. The first-order chi connectivity index (χ1) is 14.7. The molecular weight excluding hydrogens is 556 g/mol. The first-order valence-corrected chi connectivity index (χ1v) is 10.6. The maximum Gasteiger partial charge on any atom is 0.270 e. The Morgan fingerprint density at radius 2 is 1.71 bits per heavy atom. The molecule has 0 aliphatic carbocycles. The van der Waals surface area contributed by atoms with Crippen molar-refractivity contribution in [3.05, 3.63) is 44.3 Å². The smallest absolute Gasteiger partial charge is 0.270 e. The van der Waals surface area contributed by atoms with Crippen LogP contribution < -0.4 is 24.4 Å². The molecule has 0 bridgehead atoms. The van der Waals surface area contributed by atoms with Gasteiger partial charge in [-0.1, -0.05) is 0 Å². The van der Waals surface area contributed by atoms with Crippen molar-refractivity contribution in [1.82, 2.24) is 5.32 Å². The van der Waals surface area contributed by atoms with Crippen LogP contribution in [0.4, 0.5) is 5.69 Å². The van der Waals surface area contributed by atoms with E-state index in [-0.39, 0.29) is 22.2 Å². The number of aromatic hydroxyl groups is 1. The van der Waals surface area contributed by atoms with Crippen LogP contribution in [0.3, 0.4) is 0 Å². The predicted octanol–water partition coefficient (Wildman–Crippen LogP) is 3.77. The number of anilines is 1. The lowest BCUT2D eigenvalue weighted by Crippen LogP contribution is -2.54.